The molecular formula is C24H25N9O. The summed E-state index contributed by atoms with van der Waals surface area (Å²) in [6, 6.07) is 7.79. The van der Waals surface area contributed by atoms with E-state index in [2.05, 4.69) is 40.8 Å². The van der Waals surface area contributed by atoms with E-state index in [1.54, 1.807) is 17.0 Å². The van der Waals surface area contributed by atoms with Crippen LogP contribution in [0.5, 0.6) is 0 Å². The van der Waals surface area contributed by atoms with Crippen LogP contribution in [-0.4, -0.2) is 44.1 Å². The normalized spacial score (nSPS) is 21.5. The topological polar surface area (TPSA) is 122 Å². The van der Waals surface area contributed by atoms with Crippen LogP contribution in [0.1, 0.15) is 49.1 Å². The van der Waals surface area contributed by atoms with E-state index >= 15 is 0 Å². The van der Waals surface area contributed by atoms with Crippen molar-refractivity contribution < 1.29 is 0 Å². The number of nitrogens with one attached hydrogen (secondary N) is 2. The van der Waals surface area contributed by atoms with Crippen molar-refractivity contribution in [3.05, 3.63) is 70.5 Å². The number of aliphatic imine (C=N–C) groups is 1. The summed E-state index contributed by atoms with van der Waals surface area (Å²) in [5.74, 6) is 2.67. The van der Waals surface area contributed by atoms with Gasteiger partial charge in [0.05, 0.1) is 11.9 Å². The number of hydrogen-bond acceptors (Lipinski definition) is 9. The molecule has 6 rings (SSSR count). The molecule has 0 bridgehead atoms. The van der Waals surface area contributed by atoms with Crippen molar-refractivity contribution in [2.45, 2.75) is 50.1 Å². The second-order valence-electron chi connectivity index (χ2n) is 9.00. The summed E-state index contributed by atoms with van der Waals surface area (Å²) in [6.07, 6.45) is 12.9. The Morgan fingerprint density at radius 3 is 2.41 bits per heavy atom. The summed E-state index contributed by atoms with van der Waals surface area (Å²) in [4.78, 5) is 30.2. The number of pyridine rings is 2. The Kier molecular flexibility index (Phi) is 5.32. The van der Waals surface area contributed by atoms with E-state index in [0.717, 1.165) is 25.1 Å². The molecule has 0 aromatic carbocycles. The van der Waals surface area contributed by atoms with Crippen molar-refractivity contribution in [1.82, 2.24) is 19.5 Å². The lowest BCUT2D eigenvalue weighted by molar-refractivity contribution is 0.716. The van der Waals surface area contributed by atoms with Crippen molar-refractivity contribution in [3.8, 4) is 5.69 Å². The predicted octanol–water partition coefficient (Wildman–Crippen LogP) is 3.51. The summed E-state index contributed by atoms with van der Waals surface area (Å²) < 4.78 is 1.55. The molecule has 172 valence electrons. The Hall–Kier alpha value is -3.95. The molecule has 4 heterocycles. The van der Waals surface area contributed by atoms with Gasteiger partial charge in [-0.15, -0.1) is 5.11 Å². The number of azo groups is 1. The molecule has 1 aliphatic heterocycles. The fraction of sp³-hybridized carbons (Fsp3) is 0.375. The maximum atomic E-state index is 12.6. The van der Waals surface area contributed by atoms with Gasteiger partial charge in [0.2, 0.25) is 5.95 Å². The second-order valence-corrected chi connectivity index (χ2v) is 9.00. The molecule has 2 N–H and O–H groups in total. The summed E-state index contributed by atoms with van der Waals surface area (Å²) in [5.41, 5.74) is 2.46. The van der Waals surface area contributed by atoms with Crippen LogP contribution in [0.2, 0.25) is 0 Å². The van der Waals surface area contributed by atoms with Crippen LogP contribution in [0.15, 0.2) is 69.1 Å². The number of nitrogens with zero attached hydrogens (tertiary/aromatic N) is 7. The highest BCUT2D eigenvalue weighted by Gasteiger charge is 2.26. The van der Waals surface area contributed by atoms with E-state index in [0.29, 0.717) is 47.7 Å². The van der Waals surface area contributed by atoms with Crippen molar-refractivity contribution in [2.75, 3.05) is 17.3 Å². The molecule has 0 radical (unpaired) electrons. The largest absolute Gasteiger partial charge is 0.367 e. The molecule has 2 aliphatic carbocycles. The molecule has 2 atom stereocenters. The average molecular weight is 456 g/mol. The van der Waals surface area contributed by atoms with Crippen molar-refractivity contribution >= 4 is 17.6 Å². The maximum Gasteiger partial charge on any atom is 0.255 e. The summed E-state index contributed by atoms with van der Waals surface area (Å²) in [5, 5.41) is 14.7. The number of hydrogen-bond donors (Lipinski definition) is 2. The van der Waals surface area contributed by atoms with Crippen LogP contribution < -0.4 is 16.2 Å². The van der Waals surface area contributed by atoms with Crippen LogP contribution >= 0.6 is 0 Å². The highest BCUT2D eigenvalue weighted by molar-refractivity contribution is 5.99. The number of rotatable bonds is 7. The zero-order valence-corrected chi connectivity index (χ0v) is 18.6. The zero-order valence-electron chi connectivity index (χ0n) is 18.6. The molecular weight excluding hydrogens is 430 g/mol. The fourth-order valence-electron chi connectivity index (χ4n) is 4.50. The molecule has 0 amide bonds. The summed E-state index contributed by atoms with van der Waals surface area (Å²) >= 11 is 0. The fourth-order valence-corrected chi connectivity index (χ4v) is 4.50. The Morgan fingerprint density at radius 1 is 0.912 bits per heavy atom. The lowest BCUT2D eigenvalue weighted by atomic mass is 10.2. The first-order valence-electron chi connectivity index (χ1n) is 11.7. The minimum Gasteiger partial charge on any atom is -0.367 e. The number of anilines is 2. The minimum absolute atomic E-state index is 0.165. The van der Waals surface area contributed by atoms with E-state index in [1.807, 2.05) is 30.6 Å². The lowest BCUT2D eigenvalue weighted by Gasteiger charge is -2.15. The number of aromatic nitrogens is 4. The molecule has 3 aromatic heterocycles. The van der Waals surface area contributed by atoms with Gasteiger partial charge in [-0.05, 0) is 61.8 Å². The van der Waals surface area contributed by atoms with Gasteiger partial charge >= 0.3 is 0 Å². The van der Waals surface area contributed by atoms with E-state index in [9.17, 15) is 4.79 Å². The monoisotopic (exact) mass is 455 g/mol. The zero-order chi connectivity index (χ0) is 22.9. The van der Waals surface area contributed by atoms with E-state index in [1.165, 1.54) is 24.5 Å². The van der Waals surface area contributed by atoms with Gasteiger partial charge in [-0.1, -0.05) is 0 Å². The molecule has 3 aliphatic rings. The second kappa shape index (κ2) is 8.77. The van der Waals surface area contributed by atoms with Crippen molar-refractivity contribution in [1.29, 1.82) is 0 Å². The van der Waals surface area contributed by atoms with E-state index < -0.39 is 0 Å². The van der Waals surface area contributed by atoms with Crippen LogP contribution in [0, 0.1) is 0 Å². The van der Waals surface area contributed by atoms with E-state index in [4.69, 9.17) is 0 Å². The quantitative estimate of drug-likeness (QED) is 0.562. The molecule has 34 heavy (non-hydrogen) atoms. The van der Waals surface area contributed by atoms with Crippen LogP contribution in [-0.2, 0) is 0 Å². The van der Waals surface area contributed by atoms with Crippen LogP contribution in [0.3, 0.4) is 0 Å². The van der Waals surface area contributed by atoms with Gasteiger partial charge in [0, 0.05) is 42.3 Å². The highest BCUT2D eigenvalue weighted by atomic mass is 16.1. The first-order valence-corrected chi connectivity index (χ1v) is 11.7. The van der Waals surface area contributed by atoms with Gasteiger partial charge in [-0.2, -0.15) is 5.11 Å². The van der Waals surface area contributed by atoms with Crippen molar-refractivity contribution in [2.24, 2.45) is 15.2 Å². The Bertz CT molecular complexity index is 1290. The third-order valence-corrected chi connectivity index (χ3v) is 6.49. The standard InChI is InChI=1S/C24H25N9O/c34-22-9-16(23-28-14-29-32-23)7-8-33(22)20-5-6-21(25-13-20)30-18-3-4-19(10-18)31-24-26-11-17(12-27-24)15-1-2-15/h5-9,11-13,15,18-19H,1-4,10,14H2,(H,25,30)(H,26,27,31)/t18-,19-/m0/s1. The minimum atomic E-state index is -0.165. The Labute approximate surface area is 196 Å². The molecule has 2 fully saturated rings. The number of amidine groups is 1. The molecule has 2 saturated carbocycles. The molecule has 0 unspecified atom stereocenters. The molecule has 0 spiro atoms. The van der Waals surface area contributed by atoms with Gasteiger partial charge in [-0.25, -0.2) is 19.9 Å². The van der Waals surface area contributed by atoms with Gasteiger partial charge < -0.3 is 10.6 Å². The Morgan fingerprint density at radius 2 is 1.74 bits per heavy atom. The summed E-state index contributed by atoms with van der Waals surface area (Å²) in [7, 11) is 0. The molecule has 10 nitrogen and oxygen atoms in total. The molecule has 10 heteroatoms. The summed E-state index contributed by atoms with van der Waals surface area (Å²) in [6.45, 7) is 0.315. The van der Waals surface area contributed by atoms with Crippen LogP contribution in [0.4, 0.5) is 11.8 Å². The first-order chi connectivity index (χ1) is 16.7. The molecule has 3 aromatic rings. The smallest absolute Gasteiger partial charge is 0.255 e. The average Bonchev–Trinajstić information content (AvgIpc) is 3.37. The SMILES string of the molecule is O=c1cc(C2=NCN=N2)ccn1-c1ccc(N[C@H]2CC[C@H](Nc3ncc(C4CC4)cn3)C2)nc1. The van der Waals surface area contributed by atoms with Crippen molar-refractivity contribution in [3.63, 3.8) is 0 Å². The lowest BCUT2D eigenvalue weighted by Crippen LogP contribution is -2.22. The van der Waals surface area contributed by atoms with Gasteiger partial charge in [0.25, 0.3) is 5.56 Å². The Balaban J connectivity index is 1.05. The van der Waals surface area contributed by atoms with Gasteiger partial charge in [-0.3, -0.25) is 9.36 Å². The van der Waals surface area contributed by atoms with E-state index in [-0.39, 0.29) is 5.56 Å². The van der Waals surface area contributed by atoms with Gasteiger partial charge in [0.15, 0.2) is 12.5 Å². The third-order valence-electron chi connectivity index (χ3n) is 6.49. The molecule has 0 saturated heterocycles. The van der Waals surface area contributed by atoms with Gasteiger partial charge in [0.1, 0.15) is 5.82 Å². The third kappa shape index (κ3) is 4.43. The highest BCUT2D eigenvalue weighted by Crippen LogP contribution is 2.39. The maximum absolute atomic E-state index is 12.6. The van der Waals surface area contributed by atoms with Crippen LogP contribution in [0.25, 0.3) is 5.69 Å². The predicted molar refractivity (Wildman–Crippen MR) is 129 cm³/mol. The first kappa shape index (κ1) is 20.6.